The van der Waals surface area contributed by atoms with E-state index in [2.05, 4.69) is 30.4 Å². The highest BCUT2D eigenvalue weighted by molar-refractivity contribution is 7.79. The molecule has 3 heteroatoms. The van der Waals surface area contributed by atoms with Crippen molar-refractivity contribution in [1.82, 2.24) is 0 Å². The van der Waals surface area contributed by atoms with Crippen LogP contribution in [0.2, 0.25) is 0 Å². The molecule has 0 rings (SSSR count). The second kappa shape index (κ2) is 4.09. The van der Waals surface area contributed by atoms with Gasteiger partial charge in [0.1, 0.15) is 0 Å². The van der Waals surface area contributed by atoms with Gasteiger partial charge in [0.25, 0.3) is 0 Å². The van der Waals surface area contributed by atoms with Gasteiger partial charge in [0, 0.05) is 0 Å². The zero-order valence-electron chi connectivity index (χ0n) is 4.96. The molecule has 48 valence electrons. The largest absolute Gasteiger partial charge is 0.299 e. The molecule has 2 nitrogen and oxygen atoms in total. The fraction of sp³-hybridized carbons (Fsp3) is 0. The predicted octanol–water partition coefficient (Wildman–Crippen LogP) is 1.66. The second-order valence-corrected chi connectivity index (χ2v) is 1.51. The van der Waals surface area contributed by atoms with Gasteiger partial charge in [-0.05, 0) is 25.0 Å². The number of rotatable bonds is 3. The van der Waals surface area contributed by atoms with E-state index in [0.717, 1.165) is 0 Å². The van der Waals surface area contributed by atoms with Crippen molar-refractivity contribution in [3.05, 3.63) is 25.3 Å². The predicted molar refractivity (Wildman–Crippen MR) is 44.5 cm³/mol. The van der Waals surface area contributed by atoms with E-state index < -0.39 is 0 Å². The minimum absolute atomic E-state index is 0.236. The van der Waals surface area contributed by atoms with Crippen LogP contribution in [0.25, 0.3) is 0 Å². The molecule has 0 aromatic heterocycles. The first kappa shape index (κ1) is 8.17. The Morgan fingerprint density at radius 3 is 2.11 bits per heavy atom. The molecule has 0 aliphatic rings. The van der Waals surface area contributed by atoms with Gasteiger partial charge in [-0.1, -0.05) is 13.2 Å². The molecule has 1 N–H and O–H groups in total. The summed E-state index contributed by atoms with van der Waals surface area (Å²) in [5.41, 5.74) is 0.674. The summed E-state index contributed by atoms with van der Waals surface area (Å²) in [6.07, 6.45) is 2.84. The molecule has 0 spiro atoms. The van der Waals surface area contributed by atoms with Crippen LogP contribution < -0.4 is 0 Å². The van der Waals surface area contributed by atoms with Gasteiger partial charge in [-0.3, -0.25) is 5.41 Å². The van der Waals surface area contributed by atoms with Crippen LogP contribution in [-0.4, -0.2) is 11.4 Å². The third-order valence-corrected chi connectivity index (χ3v) is 0.997. The van der Waals surface area contributed by atoms with Gasteiger partial charge in [-0.15, -0.1) is 0 Å². The lowest BCUT2D eigenvalue weighted by Crippen LogP contribution is -2.04. The number of allylic oxidation sites excluding steroid dienone is 2. The molecule has 0 bridgehead atoms. The van der Waals surface area contributed by atoms with E-state index in [1.54, 1.807) is 0 Å². The number of nitrogens with one attached hydrogen (secondary N) is 1. The Balaban J connectivity index is 4.31. The van der Waals surface area contributed by atoms with E-state index in [4.69, 9.17) is 5.41 Å². The van der Waals surface area contributed by atoms with Gasteiger partial charge < -0.3 is 0 Å². The van der Waals surface area contributed by atoms with Crippen molar-refractivity contribution in [2.75, 3.05) is 0 Å². The van der Waals surface area contributed by atoms with Crippen molar-refractivity contribution in [2.45, 2.75) is 0 Å². The summed E-state index contributed by atoms with van der Waals surface area (Å²) in [7, 11) is 0. The normalized spacial score (nSPS) is 10.6. The van der Waals surface area contributed by atoms with Crippen molar-refractivity contribution in [2.24, 2.45) is 4.40 Å². The van der Waals surface area contributed by atoms with Gasteiger partial charge >= 0.3 is 0 Å². The van der Waals surface area contributed by atoms with Gasteiger partial charge in [0.05, 0.1) is 11.4 Å². The molecular weight excluding hydrogens is 132 g/mol. The van der Waals surface area contributed by atoms with Crippen LogP contribution in [0.3, 0.4) is 0 Å². The van der Waals surface area contributed by atoms with E-state index in [0.29, 0.717) is 5.71 Å². The first-order valence-electron chi connectivity index (χ1n) is 2.32. The Hall–Kier alpha value is -0.830. The quantitative estimate of drug-likeness (QED) is 0.442. The van der Waals surface area contributed by atoms with E-state index in [-0.39, 0.29) is 5.71 Å². The minimum Gasteiger partial charge on any atom is -0.299 e. The molecule has 0 atom stereocenters. The molecule has 0 amide bonds. The van der Waals surface area contributed by atoms with Crippen molar-refractivity contribution in [1.29, 1.82) is 5.41 Å². The first-order chi connectivity index (χ1) is 4.26. The topological polar surface area (TPSA) is 36.2 Å². The monoisotopic (exact) mass is 140 g/mol. The number of nitrogens with zero attached hydrogens (tertiary/aromatic N) is 1. The van der Waals surface area contributed by atoms with Crippen molar-refractivity contribution >= 4 is 24.2 Å². The highest BCUT2D eigenvalue weighted by Gasteiger charge is 1.94. The summed E-state index contributed by atoms with van der Waals surface area (Å²) in [6.45, 7) is 6.82. The van der Waals surface area contributed by atoms with Gasteiger partial charge in [-0.25, -0.2) is 4.40 Å². The lowest BCUT2D eigenvalue weighted by atomic mass is 10.2. The summed E-state index contributed by atoms with van der Waals surface area (Å²) >= 11 is 3.62. The molecular formula is C6H8N2S. The molecule has 0 aromatic rings. The summed E-state index contributed by atoms with van der Waals surface area (Å²) in [5, 5.41) is 7.13. The second-order valence-electron chi connectivity index (χ2n) is 1.31. The lowest BCUT2D eigenvalue weighted by Gasteiger charge is -1.91. The Kier molecular flexibility index (Phi) is 3.71. The Morgan fingerprint density at radius 2 is 2.00 bits per heavy atom. The van der Waals surface area contributed by atoms with Crippen LogP contribution in [0.1, 0.15) is 0 Å². The highest BCUT2D eigenvalue weighted by Crippen LogP contribution is 1.87. The fourth-order valence-electron chi connectivity index (χ4n) is 0.309. The van der Waals surface area contributed by atoms with Crippen LogP contribution in [0.5, 0.6) is 0 Å². The van der Waals surface area contributed by atoms with E-state index in [9.17, 15) is 0 Å². The van der Waals surface area contributed by atoms with E-state index in [1.807, 2.05) is 0 Å². The summed E-state index contributed by atoms with van der Waals surface area (Å²) in [5.74, 6) is 0. The van der Waals surface area contributed by atoms with Gasteiger partial charge in [0.2, 0.25) is 0 Å². The van der Waals surface area contributed by atoms with Crippen LogP contribution in [0.15, 0.2) is 29.7 Å². The zero-order valence-corrected chi connectivity index (χ0v) is 5.86. The van der Waals surface area contributed by atoms with E-state index in [1.165, 1.54) is 12.2 Å². The number of hydrogen-bond donors (Lipinski definition) is 2. The third-order valence-electron chi connectivity index (χ3n) is 0.781. The van der Waals surface area contributed by atoms with Crippen molar-refractivity contribution < 1.29 is 0 Å². The SMILES string of the molecule is C=CC(=N)/C(C=C)=N\S. The number of hydrogen-bond acceptors (Lipinski definition) is 3. The number of thiol groups is 1. The molecule has 0 unspecified atom stereocenters. The highest BCUT2D eigenvalue weighted by atomic mass is 32.1. The lowest BCUT2D eigenvalue weighted by molar-refractivity contribution is 1.55. The van der Waals surface area contributed by atoms with Crippen LogP contribution in [0.4, 0.5) is 0 Å². The van der Waals surface area contributed by atoms with Crippen LogP contribution >= 0.6 is 12.8 Å². The maximum Gasteiger partial charge on any atom is 0.0953 e. The van der Waals surface area contributed by atoms with Crippen molar-refractivity contribution in [3.63, 3.8) is 0 Å². The minimum atomic E-state index is 0.236. The Labute approximate surface area is 60.1 Å². The zero-order chi connectivity index (χ0) is 7.28. The Morgan fingerprint density at radius 1 is 1.44 bits per heavy atom. The summed E-state index contributed by atoms with van der Waals surface area (Å²) in [4.78, 5) is 0. The average molecular weight is 140 g/mol. The molecule has 0 fully saturated rings. The van der Waals surface area contributed by atoms with E-state index >= 15 is 0 Å². The molecule has 0 radical (unpaired) electrons. The Bertz CT molecular complexity index is 170. The van der Waals surface area contributed by atoms with Gasteiger partial charge in [-0.2, -0.15) is 0 Å². The standard InChI is InChI=1S/C6H8N2S/c1-3-5(7)6(4-2)8-9/h3-4,7,9H,1-2H2/b7-5?,8-6-. The smallest absolute Gasteiger partial charge is 0.0953 e. The van der Waals surface area contributed by atoms with Crippen LogP contribution in [-0.2, 0) is 0 Å². The first-order valence-corrected chi connectivity index (χ1v) is 2.72. The molecule has 0 heterocycles. The molecule has 9 heavy (non-hydrogen) atoms. The third kappa shape index (κ3) is 2.28. The van der Waals surface area contributed by atoms with Crippen molar-refractivity contribution in [3.8, 4) is 0 Å². The molecule has 0 aliphatic carbocycles. The summed E-state index contributed by atoms with van der Waals surface area (Å²) < 4.78 is 3.47. The average Bonchev–Trinajstić information content (AvgIpc) is 1.90. The van der Waals surface area contributed by atoms with Gasteiger partial charge in [0.15, 0.2) is 0 Å². The molecule has 0 aromatic carbocycles. The fourth-order valence-corrected chi connectivity index (χ4v) is 0.499. The maximum absolute atomic E-state index is 7.13. The summed E-state index contributed by atoms with van der Waals surface area (Å²) in [6, 6.07) is 0. The molecule has 0 saturated heterocycles. The maximum atomic E-state index is 7.13. The molecule has 0 saturated carbocycles. The molecule has 0 aliphatic heterocycles. The van der Waals surface area contributed by atoms with Crippen LogP contribution in [0, 0.1) is 5.41 Å².